The third-order valence-corrected chi connectivity index (χ3v) is 4.74. The Morgan fingerprint density at radius 3 is 2.62 bits per heavy atom. The summed E-state index contributed by atoms with van der Waals surface area (Å²) in [6.07, 6.45) is 1.53. The molecule has 0 aromatic heterocycles. The van der Waals surface area contributed by atoms with E-state index in [1.165, 1.54) is 0 Å². The molecule has 0 aliphatic carbocycles. The standard InChI is InChI=1S/C21H25N3O2/c1-15-10-11-18(16(2)13-15)23-20(25)19-9-6-12-24(19)21(26)22-14-17-7-4-3-5-8-17/h3-5,7-8,10-11,13,19H,6,9,12,14H2,1-2H3,(H,22,26)(H,23,25)/t19-/m0/s1. The van der Waals surface area contributed by atoms with E-state index in [0.29, 0.717) is 19.5 Å². The highest BCUT2D eigenvalue weighted by molar-refractivity contribution is 5.97. The van der Waals surface area contributed by atoms with Gasteiger partial charge in [0.25, 0.3) is 0 Å². The Hall–Kier alpha value is -2.82. The Morgan fingerprint density at radius 2 is 1.88 bits per heavy atom. The molecule has 26 heavy (non-hydrogen) atoms. The molecular formula is C21H25N3O2. The highest BCUT2D eigenvalue weighted by Crippen LogP contribution is 2.21. The molecule has 5 nitrogen and oxygen atoms in total. The minimum Gasteiger partial charge on any atom is -0.334 e. The summed E-state index contributed by atoms with van der Waals surface area (Å²) in [5.41, 5.74) is 4.02. The highest BCUT2D eigenvalue weighted by atomic mass is 16.2. The quantitative estimate of drug-likeness (QED) is 0.884. The van der Waals surface area contributed by atoms with E-state index in [9.17, 15) is 9.59 Å². The maximum Gasteiger partial charge on any atom is 0.318 e. The molecule has 2 aromatic carbocycles. The van der Waals surface area contributed by atoms with Crippen LogP contribution in [0.3, 0.4) is 0 Å². The summed E-state index contributed by atoms with van der Waals surface area (Å²) >= 11 is 0. The van der Waals surface area contributed by atoms with Crippen LogP contribution in [-0.2, 0) is 11.3 Å². The molecule has 136 valence electrons. The maximum absolute atomic E-state index is 12.7. The van der Waals surface area contributed by atoms with Gasteiger partial charge in [-0.15, -0.1) is 0 Å². The number of likely N-dealkylation sites (tertiary alicyclic amines) is 1. The molecule has 0 saturated carbocycles. The maximum atomic E-state index is 12.7. The molecule has 5 heteroatoms. The van der Waals surface area contributed by atoms with Crippen LogP contribution in [0.1, 0.15) is 29.5 Å². The zero-order chi connectivity index (χ0) is 18.5. The van der Waals surface area contributed by atoms with Gasteiger partial charge < -0.3 is 15.5 Å². The van der Waals surface area contributed by atoms with Crippen LogP contribution in [0.15, 0.2) is 48.5 Å². The molecule has 1 saturated heterocycles. The van der Waals surface area contributed by atoms with Crippen LogP contribution in [-0.4, -0.2) is 29.4 Å². The Bertz CT molecular complexity index is 789. The van der Waals surface area contributed by atoms with Crippen LogP contribution in [0.5, 0.6) is 0 Å². The van der Waals surface area contributed by atoms with Crippen LogP contribution in [0.25, 0.3) is 0 Å². The number of amides is 3. The lowest BCUT2D eigenvalue weighted by Crippen LogP contribution is -2.47. The number of rotatable bonds is 4. The van der Waals surface area contributed by atoms with Gasteiger partial charge in [0.2, 0.25) is 5.91 Å². The minimum absolute atomic E-state index is 0.121. The SMILES string of the molecule is Cc1ccc(NC(=O)[C@@H]2CCCN2C(=O)NCc2ccccc2)c(C)c1. The van der Waals surface area contributed by atoms with E-state index in [1.54, 1.807) is 4.90 Å². The monoisotopic (exact) mass is 351 g/mol. The summed E-state index contributed by atoms with van der Waals surface area (Å²) in [4.78, 5) is 26.9. The number of anilines is 1. The topological polar surface area (TPSA) is 61.4 Å². The fourth-order valence-electron chi connectivity index (χ4n) is 3.33. The van der Waals surface area contributed by atoms with Crippen LogP contribution in [0.4, 0.5) is 10.5 Å². The van der Waals surface area contributed by atoms with E-state index < -0.39 is 6.04 Å². The number of benzene rings is 2. The van der Waals surface area contributed by atoms with Crippen LogP contribution in [0.2, 0.25) is 0 Å². The first-order valence-corrected chi connectivity index (χ1v) is 9.01. The van der Waals surface area contributed by atoms with E-state index in [0.717, 1.165) is 28.8 Å². The first-order chi connectivity index (χ1) is 12.5. The second kappa shape index (κ2) is 8.04. The predicted molar refractivity (Wildman–Crippen MR) is 103 cm³/mol. The number of aryl methyl sites for hydroxylation is 2. The molecule has 1 aliphatic heterocycles. The fraction of sp³-hybridized carbons (Fsp3) is 0.333. The minimum atomic E-state index is -0.425. The van der Waals surface area contributed by atoms with Gasteiger partial charge in [0.15, 0.2) is 0 Å². The molecule has 2 N–H and O–H groups in total. The van der Waals surface area contributed by atoms with Crippen molar-refractivity contribution >= 4 is 17.6 Å². The van der Waals surface area contributed by atoms with Gasteiger partial charge in [0.1, 0.15) is 6.04 Å². The third-order valence-electron chi connectivity index (χ3n) is 4.74. The lowest BCUT2D eigenvalue weighted by Gasteiger charge is -2.24. The van der Waals surface area contributed by atoms with Crippen molar-refractivity contribution in [3.8, 4) is 0 Å². The Kier molecular flexibility index (Phi) is 5.56. The molecule has 0 unspecified atom stereocenters. The predicted octanol–water partition coefficient (Wildman–Crippen LogP) is 3.62. The average Bonchev–Trinajstić information content (AvgIpc) is 3.13. The first-order valence-electron chi connectivity index (χ1n) is 9.01. The van der Waals surface area contributed by atoms with Crippen molar-refractivity contribution in [3.63, 3.8) is 0 Å². The van der Waals surface area contributed by atoms with Crippen molar-refractivity contribution in [2.24, 2.45) is 0 Å². The molecule has 1 aliphatic rings. The zero-order valence-corrected chi connectivity index (χ0v) is 15.3. The second-order valence-corrected chi connectivity index (χ2v) is 6.80. The summed E-state index contributed by atoms with van der Waals surface area (Å²) in [7, 11) is 0. The Balaban J connectivity index is 1.61. The lowest BCUT2D eigenvalue weighted by atomic mass is 10.1. The van der Waals surface area contributed by atoms with Crippen molar-refractivity contribution in [3.05, 3.63) is 65.2 Å². The average molecular weight is 351 g/mol. The van der Waals surface area contributed by atoms with Gasteiger partial charge in [-0.3, -0.25) is 4.79 Å². The van der Waals surface area contributed by atoms with E-state index in [2.05, 4.69) is 10.6 Å². The van der Waals surface area contributed by atoms with Crippen molar-refractivity contribution in [2.75, 3.05) is 11.9 Å². The van der Waals surface area contributed by atoms with E-state index in [4.69, 9.17) is 0 Å². The molecule has 0 spiro atoms. The summed E-state index contributed by atoms with van der Waals surface area (Å²) in [5.74, 6) is -0.121. The Labute approximate surface area is 154 Å². The third kappa shape index (κ3) is 4.23. The number of nitrogens with one attached hydrogen (secondary N) is 2. The molecule has 1 heterocycles. The number of urea groups is 1. The van der Waals surface area contributed by atoms with Gasteiger partial charge in [-0.05, 0) is 43.9 Å². The van der Waals surface area contributed by atoms with Crippen molar-refractivity contribution in [2.45, 2.75) is 39.3 Å². The number of nitrogens with zero attached hydrogens (tertiary/aromatic N) is 1. The van der Waals surface area contributed by atoms with Crippen LogP contribution >= 0.6 is 0 Å². The number of carbonyl (C=O) groups excluding carboxylic acids is 2. The number of hydrogen-bond acceptors (Lipinski definition) is 2. The number of carbonyl (C=O) groups is 2. The molecular weight excluding hydrogens is 326 g/mol. The van der Waals surface area contributed by atoms with Gasteiger partial charge in [-0.2, -0.15) is 0 Å². The van der Waals surface area contributed by atoms with E-state index in [-0.39, 0.29) is 11.9 Å². The smallest absolute Gasteiger partial charge is 0.318 e. The largest absolute Gasteiger partial charge is 0.334 e. The molecule has 3 rings (SSSR count). The van der Waals surface area contributed by atoms with E-state index >= 15 is 0 Å². The molecule has 3 amide bonds. The summed E-state index contributed by atoms with van der Waals surface area (Å²) < 4.78 is 0. The summed E-state index contributed by atoms with van der Waals surface area (Å²) in [5, 5.41) is 5.89. The summed E-state index contributed by atoms with van der Waals surface area (Å²) in [6, 6.07) is 15.1. The lowest BCUT2D eigenvalue weighted by molar-refractivity contribution is -0.119. The van der Waals surface area contributed by atoms with Crippen molar-refractivity contribution in [1.29, 1.82) is 0 Å². The first kappa shape index (κ1) is 18.0. The Morgan fingerprint density at radius 1 is 1.12 bits per heavy atom. The van der Waals surface area contributed by atoms with Gasteiger partial charge >= 0.3 is 6.03 Å². The van der Waals surface area contributed by atoms with Crippen LogP contribution in [0, 0.1) is 13.8 Å². The normalized spacial score (nSPS) is 16.4. The molecule has 1 fully saturated rings. The van der Waals surface area contributed by atoms with Gasteiger partial charge in [0.05, 0.1) is 0 Å². The second-order valence-electron chi connectivity index (χ2n) is 6.80. The van der Waals surface area contributed by atoms with Crippen molar-refractivity contribution in [1.82, 2.24) is 10.2 Å². The van der Waals surface area contributed by atoms with Gasteiger partial charge in [0, 0.05) is 18.8 Å². The fourth-order valence-corrected chi connectivity index (χ4v) is 3.33. The number of hydrogen-bond donors (Lipinski definition) is 2. The van der Waals surface area contributed by atoms with E-state index in [1.807, 2.05) is 62.4 Å². The zero-order valence-electron chi connectivity index (χ0n) is 15.3. The summed E-state index contributed by atoms with van der Waals surface area (Å²) in [6.45, 7) is 5.06. The van der Waals surface area contributed by atoms with Crippen molar-refractivity contribution < 1.29 is 9.59 Å². The molecule has 0 radical (unpaired) electrons. The van der Waals surface area contributed by atoms with Crippen LogP contribution < -0.4 is 10.6 Å². The molecule has 1 atom stereocenters. The highest BCUT2D eigenvalue weighted by Gasteiger charge is 2.34. The molecule has 0 bridgehead atoms. The van der Waals surface area contributed by atoms with Gasteiger partial charge in [-0.25, -0.2) is 4.79 Å². The van der Waals surface area contributed by atoms with Gasteiger partial charge in [-0.1, -0.05) is 48.0 Å². The molecule has 2 aromatic rings.